The lowest BCUT2D eigenvalue weighted by atomic mass is 10.0. The van der Waals surface area contributed by atoms with E-state index in [2.05, 4.69) is 4.98 Å². The number of halogens is 3. The molecular formula is C14H12ClF2N. The first-order valence-corrected chi connectivity index (χ1v) is 6.01. The van der Waals surface area contributed by atoms with Crippen LogP contribution in [0.1, 0.15) is 22.2 Å². The number of aromatic nitrogens is 1. The third-order valence-corrected chi connectivity index (χ3v) is 3.20. The number of nitrogens with zero attached hydrogens (tertiary/aromatic N) is 1. The summed E-state index contributed by atoms with van der Waals surface area (Å²) >= 11 is 6.14. The van der Waals surface area contributed by atoms with Crippen LogP contribution in [0.2, 0.25) is 0 Å². The van der Waals surface area contributed by atoms with E-state index < -0.39 is 17.0 Å². The lowest BCUT2D eigenvalue weighted by Gasteiger charge is -2.12. The van der Waals surface area contributed by atoms with Gasteiger partial charge < -0.3 is 0 Å². The highest BCUT2D eigenvalue weighted by Crippen LogP contribution is 2.28. The molecule has 1 nitrogen and oxygen atoms in total. The van der Waals surface area contributed by atoms with Crippen molar-refractivity contribution in [3.05, 3.63) is 65.0 Å². The fourth-order valence-electron chi connectivity index (χ4n) is 1.77. The Hall–Kier alpha value is -1.48. The van der Waals surface area contributed by atoms with Crippen molar-refractivity contribution in [2.45, 2.75) is 18.7 Å². The molecule has 0 saturated heterocycles. The average molecular weight is 268 g/mol. The molecular weight excluding hydrogens is 256 g/mol. The van der Waals surface area contributed by atoms with E-state index in [1.54, 1.807) is 6.20 Å². The van der Waals surface area contributed by atoms with Gasteiger partial charge in [0.25, 0.3) is 0 Å². The van der Waals surface area contributed by atoms with Crippen molar-refractivity contribution in [2.24, 2.45) is 0 Å². The van der Waals surface area contributed by atoms with Crippen LogP contribution < -0.4 is 0 Å². The Morgan fingerprint density at radius 3 is 2.72 bits per heavy atom. The standard InChI is InChI=1S/C14H12ClF2N/c1-9-4-3-7-18-13(9)8-11(15)10-5-2-6-12(16)14(10)17/h2-7,11H,8H2,1H3. The minimum atomic E-state index is -0.883. The normalized spacial score (nSPS) is 12.4. The van der Waals surface area contributed by atoms with E-state index in [1.165, 1.54) is 12.1 Å². The molecule has 0 spiro atoms. The molecule has 18 heavy (non-hydrogen) atoms. The van der Waals surface area contributed by atoms with Crippen molar-refractivity contribution in [1.29, 1.82) is 0 Å². The first-order chi connectivity index (χ1) is 8.59. The zero-order valence-electron chi connectivity index (χ0n) is 9.83. The molecule has 1 atom stereocenters. The third-order valence-electron chi connectivity index (χ3n) is 2.81. The molecule has 0 bridgehead atoms. The van der Waals surface area contributed by atoms with Crippen LogP contribution in [0.3, 0.4) is 0 Å². The molecule has 0 amide bonds. The minimum Gasteiger partial charge on any atom is -0.261 e. The largest absolute Gasteiger partial charge is 0.261 e. The quantitative estimate of drug-likeness (QED) is 0.760. The Bertz CT molecular complexity index is 557. The fraction of sp³-hybridized carbons (Fsp3) is 0.214. The number of alkyl halides is 1. The second-order valence-electron chi connectivity index (χ2n) is 4.08. The molecule has 4 heteroatoms. The molecule has 0 saturated carbocycles. The van der Waals surface area contributed by atoms with Gasteiger partial charge in [-0.2, -0.15) is 0 Å². The van der Waals surface area contributed by atoms with Gasteiger partial charge in [0.05, 0.1) is 5.38 Å². The number of aryl methyl sites for hydroxylation is 1. The van der Waals surface area contributed by atoms with Gasteiger partial charge in [-0.25, -0.2) is 8.78 Å². The van der Waals surface area contributed by atoms with E-state index in [0.717, 1.165) is 17.3 Å². The van der Waals surface area contributed by atoms with Gasteiger partial charge >= 0.3 is 0 Å². The Labute approximate surface area is 109 Å². The summed E-state index contributed by atoms with van der Waals surface area (Å²) in [7, 11) is 0. The zero-order valence-corrected chi connectivity index (χ0v) is 10.6. The molecule has 2 rings (SSSR count). The van der Waals surface area contributed by atoms with Crippen LogP contribution in [0.25, 0.3) is 0 Å². The molecule has 0 aliphatic carbocycles. The predicted octanol–water partition coefficient (Wildman–Crippen LogP) is 4.19. The van der Waals surface area contributed by atoms with Crippen molar-refractivity contribution < 1.29 is 8.78 Å². The van der Waals surface area contributed by atoms with E-state index in [0.29, 0.717) is 6.42 Å². The molecule has 0 N–H and O–H groups in total. The van der Waals surface area contributed by atoms with Crippen LogP contribution in [0.5, 0.6) is 0 Å². The molecule has 2 aromatic rings. The van der Waals surface area contributed by atoms with E-state index >= 15 is 0 Å². The summed E-state index contributed by atoms with van der Waals surface area (Å²) in [5.74, 6) is -1.76. The van der Waals surface area contributed by atoms with E-state index in [9.17, 15) is 8.78 Å². The first-order valence-electron chi connectivity index (χ1n) is 5.58. The lowest BCUT2D eigenvalue weighted by molar-refractivity contribution is 0.497. The topological polar surface area (TPSA) is 12.9 Å². The number of rotatable bonds is 3. The minimum absolute atomic E-state index is 0.168. The molecule has 1 unspecified atom stereocenters. The molecule has 1 aromatic heterocycles. The monoisotopic (exact) mass is 267 g/mol. The van der Waals surface area contributed by atoms with Gasteiger partial charge in [-0.3, -0.25) is 4.98 Å². The van der Waals surface area contributed by atoms with Crippen LogP contribution in [-0.4, -0.2) is 4.98 Å². The molecule has 94 valence electrons. The summed E-state index contributed by atoms with van der Waals surface area (Å²) in [4.78, 5) is 4.20. The van der Waals surface area contributed by atoms with E-state index in [4.69, 9.17) is 11.6 Å². The van der Waals surface area contributed by atoms with Gasteiger partial charge in [0.2, 0.25) is 0 Å². The third kappa shape index (κ3) is 2.67. The van der Waals surface area contributed by atoms with Gasteiger partial charge in [-0.1, -0.05) is 18.2 Å². The summed E-state index contributed by atoms with van der Waals surface area (Å²) in [6, 6.07) is 7.76. The van der Waals surface area contributed by atoms with Crippen LogP contribution in [-0.2, 0) is 6.42 Å². The summed E-state index contributed by atoms with van der Waals surface area (Å²) in [6.45, 7) is 1.91. The highest BCUT2D eigenvalue weighted by Gasteiger charge is 2.17. The number of benzene rings is 1. The van der Waals surface area contributed by atoms with Crippen LogP contribution in [0.4, 0.5) is 8.78 Å². The Morgan fingerprint density at radius 1 is 1.22 bits per heavy atom. The fourth-order valence-corrected chi connectivity index (χ4v) is 2.09. The zero-order chi connectivity index (χ0) is 13.1. The predicted molar refractivity (Wildman–Crippen MR) is 67.6 cm³/mol. The Kier molecular flexibility index (Phi) is 3.92. The number of hydrogen-bond donors (Lipinski definition) is 0. The Morgan fingerprint density at radius 2 is 2.00 bits per heavy atom. The summed E-state index contributed by atoms with van der Waals surface area (Å²) in [6.07, 6.45) is 2.03. The van der Waals surface area contributed by atoms with Gasteiger partial charge in [-0.05, 0) is 24.6 Å². The SMILES string of the molecule is Cc1cccnc1CC(Cl)c1cccc(F)c1F. The van der Waals surface area contributed by atoms with Crippen molar-refractivity contribution in [3.8, 4) is 0 Å². The summed E-state index contributed by atoms with van der Waals surface area (Å²) in [5, 5.41) is -0.630. The molecule has 0 fully saturated rings. The van der Waals surface area contributed by atoms with Crippen LogP contribution in [0.15, 0.2) is 36.5 Å². The van der Waals surface area contributed by atoms with Crippen LogP contribution in [0, 0.1) is 18.6 Å². The first kappa shape index (κ1) is 13.0. The summed E-state index contributed by atoms with van der Waals surface area (Å²) in [5.41, 5.74) is 1.95. The summed E-state index contributed by atoms with van der Waals surface area (Å²) < 4.78 is 26.7. The smallest absolute Gasteiger partial charge is 0.163 e. The van der Waals surface area contributed by atoms with E-state index in [1.807, 2.05) is 19.1 Å². The maximum Gasteiger partial charge on any atom is 0.163 e. The maximum absolute atomic E-state index is 13.6. The van der Waals surface area contributed by atoms with Gasteiger partial charge in [-0.15, -0.1) is 11.6 Å². The molecule has 0 aliphatic rings. The maximum atomic E-state index is 13.6. The van der Waals surface area contributed by atoms with Crippen molar-refractivity contribution >= 4 is 11.6 Å². The van der Waals surface area contributed by atoms with E-state index in [-0.39, 0.29) is 5.56 Å². The van der Waals surface area contributed by atoms with Gasteiger partial charge in [0, 0.05) is 23.9 Å². The molecule has 1 aromatic carbocycles. The lowest BCUT2D eigenvalue weighted by Crippen LogP contribution is -2.03. The second kappa shape index (κ2) is 5.44. The average Bonchev–Trinajstić information content (AvgIpc) is 2.35. The highest BCUT2D eigenvalue weighted by atomic mass is 35.5. The van der Waals surface area contributed by atoms with Crippen molar-refractivity contribution in [2.75, 3.05) is 0 Å². The molecule has 0 radical (unpaired) electrons. The second-order valence-corrected chi connectivity index (χ2v) is 4.61. The molecule has 0 aliphatic heterocycles. The molecule has 1 heterocycles. The van der Waals surface area contributed by atoms with Gasteiger partial charge in [0.1, 0.15) is 0 Å². The van der Waals surface area contributed by atoms with Crippen LogP contribution >= 0.6 is 11.6 Å². The van der Waals surface area contributed by atoms with Crippen molar-refractivity contribution in [1.82, 2.24) is 4.98 Å². The number of hydrogen-bond acceptors (Lipinski definition) is 1. The van der Waals surface area contributed by atoms with Crippen molar-refractivity contribution in [3.63, 3.8) is 0 Å². The highest BCUT2D eigenvalue weighted by molar-refractivity contribution is 6.20. The van der Waals surface area contributed by atoms with Gasteiger partial charge in [0.15, 0.2) is 11.6 Å². The Balaban J connectivity index is 2.25. The number of pyridine rings is 1.